The molecule has 1 aromatic rings. The zero-order valence-electron chi connectivity index (χ0n) is 8.57. The van der Waals surface area contributed by atoms with Crippen molar-refractivity contribution in [3.05, 3.63) is 23.3 Å². The number of hydrogen-bond donors (Lipinski definition) is 2. The summed E-state index contributed by atoms with van der Waals surface area (Å²) in [4.78, 5) is 22.2. The molecule has 0 saturated carbocycles. The van der Waals surface area contributed by atoms with Crippen molar-refractivity contribution in [2.24, 2.45) is 0 Å². The normalized spacial score (nSPS) is 10.0. The molecule has 0 unspecified atom stereocenters. The van der Waals surface area contributed by atoms with Crippen LogP contribution in [0.1, 0.15) is 29.8 Å². The van der Waals surface area contributed by atoms with Crippen molar-refractivity contribution in [2.45, 2.75) is 20.3 Å². The molecule has 1 rings (SSSR count). The van der Waals surface area contributed by atoms with E-state index in [1.165, 1.54) is 19.9 Å². The SMILES string of the molecule is CC(=O)Cc1cc(O)cc(O)c1[13C]([13CH3])=O. The van der Waals surface area contributed by atoms with Crippen molar-refractivity contribution in [2.75, 3.05) is 0 Å². The highest BCUT2D eigenvalue weighted by Crippen LogP contribution is 2.28. The molecular weight excluding hydrogens is 198 g/mol. The second-order valence-electron chi connectivity index (χ2n) is 3.43. The smallest absolute Gasteiger partial charge is 0.163 e. The standard InChI is InChI=1S/C11H12O4/c1-6(12)3-8-4-9(14)5-10(15)11(8)7(2)13/h4-5,14-15H,3H2,1-2H3/i2+1,7+1. The molecule has 1 aromatic carbocycles. The van der Waals surface area contributed by atoms with E-state index in [4.69, 9.17) is 0 Å². The van der Waals surface area contributed by atoms with Gasteiger partial charge in [-0.15, -0.1) is 0 Å². The molecule has 0 bridgehead atoms. The summed E-state index contributed by atoms with van der Waals surface area (Å²) in [6, 6.07) is 2.40. The quantitative estimate of drug-likeness (QED) is 0.584. The van der Waals surface area contributed by atoms with Gasteiger partial charge in [0, 0.05) is 12.5 Å². The summed E-state index contributed by atoms with van der Waals surface area (Å²) in [5.41, 5.74) is 0.454. The van der Waals surface area contributed by atoms with E-state index in [1.807, 2.05) is 0 Å². The molecule has 0 aliphatic rings. The zero-order valence-corrected chi connectivity index (χ0v) is 8.57. The molecule has 0 aliphatic carbocycles. The van der Waals surface area contributed by atoms with Crippen LogP contribution in [-0.4, -0.2) is 21.8 Å². The third kappa shape index (κ3) is 2.56. The van der Waals surface area contributed by atoms with Gasteiger partial charge in [-0.05, 0) is 25.5 Å². The Morgan fingerprint density at radius 2 is 1.80 bits per heavy atom. The van der Waals surface area contributed by atoms with Gasteiger partial charge in [-0.2, -0.15) is 0 Å². The summed E-state index contributed by atoms with van der Waals surface area (Å²) >= 11 is 0. The highest BCUT2D eigenvalue weighted by atomic mass is 16.3. The lowest BCUT2D eigenvalue weighted by Crippen LogP contribution is -2.04. The van der Waals surface area contributed by atoms with Gasteiger partial charge in [0.2, 0.25) is 0 Å². The lowest BCUT2D eigenvalue weighted by atomic mass is 10.0. The first-order chi connectivity index (χ1) is 6.91. The maximum Gasteiger partial charge on any atom is 0.163 e. The summed E-state index contributed by atoms with van der Waals surface area (Å²) in [7, 11) is 0. The Morgan fingerprint density at radius 3 is 2.27 bits per heavy atom. The lowest BCUT2D eigenvalue weighted by Gasteiger charge is -2.08. The van der Waals surface area contributed by atoms with E-state index >= 15 is 0 Å². The minimum atomic E-state index is -0.330. The number of rotatable bonds is 3. The van der Waals surface area contributed by atoms with Gasteiger partial charge in [-0.1, -0.05) is 0 Å². The van der Waals surface area contributed by atoms with Crippen LogP contribution in [0.2, 0.25) is 0 Å². The van der Waals surface area contributed by atoms with Crippen LogP contribution < -0.4 is 0 Å². The minimum absolute atomic E-state index is 0.0247. The van der Waals surface area contributed by atoms with Crippen LogP contribution in [0.4, 0.5) is 0 Å². The molecule has 0 aliphatic heterocycles. The Bertz CT molecular complexity index is 421. The molecule has 80 valence electrons. The number of hydrogen-bond acceptors (Lipinski definition) is 4. The van der Waals surface area contributed by atoms with Gasteiger partial charge < -0.3 is 10.2 Å². The van der Waals surface area contributed by atoms with Crippen molar-refractivity contribution in [1.82, 2.24) is 0 Å². The molecule has 15 heavy (non-hydrogen) atoms. The molecule has 0 heterocycles. The number of carbonyl (C=O) groups is 2. The highest BCUT2D eigenvalue weighted by molar-refractivity contribution is 5.99. The number of carbonyl (C=O) groups excluding carboxylic acids is 2. The third-order valence-corrected chi connectivity index (χ3v) is 1.98. The van der Waals surface area contributed by atoms with Gasteiger partial charge in [-0.3, -0.25) is 9.59 Å². The number of phenols is 2. The van der Waals surface area contributed by atoms with Crippen LogP contribution in [0.3, 0.4) is 0 Å². The van der Waals surface area contributed by atoms with E-state index in [1.54, 1.807) is 0 Å². The zero-order chi connectivity index (χ0) is 11.6. The van der Waals surface area contributed by atoms with Crippen molar-refractivity contribution < 1.29 is 19.8 Å². The molecular formula is C11H12O4. The van der Waals surface area contributed by atoms with Gasteiger partial charge in [0.25, 0.3) is 0 Å². The molecule has 0 fully saturated rings. The van der Waals surface area contributed by atoms with Crippen molar-refractivity contribution in [3.63, 3.8) is 0 Å². The molecule has 0 radical (unpaired) electrons. The number of Topliss-reactive ketones (excluding diaryl/α,β-unsaturated/α-hetero) is 2. The second kappa shape index (κ2) is 4.13. The van der Waals surface area contributed by atoms with Crippen LogP contribution in [0, 0.1) is 0 Å². The largest absolute Gasteiger partial charge is 0.508 e. The van der Waals surface area contributed by atoms with Crippen molar-refractivity contribution in [3.8, 4) is 11.5 Å². The summed E-state index contributed by atoms with van der Waals surface area (Å²) in [5, 5.41) is 18.7. The first kappa shape index (κ1) is 11.2. The molecule has 0 atom stereocenters. The van der Waals surface area contributed by atoms with Crippen LogP contribution in [-0.2, 0) is 11.2 Å². The van der Waals surface area contributed by atoms with Gasteiger partial charge in [0.1, 0.15) is 17.3 Å². The van der Waals surface area contributed by atoms with E-state index in [2.05, 4.69) is 0 Å². The lowest BCUT2D eigenvalue weighted by molar-refractivity contribution is -0.116. The van der Waals surface area contributed by atoms with Crippen LogP contribution in [0.25, 0.3) is 0 Å². The average molecular weight is 210 g/mol. The first-order valence-corrected chi connectivity index (χ1v) is 4.47. The molecule has 4 nitrogen and oxygen atoms in total. The highest BCUT2D eigenvalue weighted by Gasteiger charge is 2.15. The van der Waals surface area contributed by atoms with Crippen LogP contribution in [0.5, 0.6) is 11.5 Å². The fourth-order valence-electron chi connectivity index (χ4n) is 1.48. The van der Waals surface area contributed by atoms with E-state index in [-0.39, 0.29) is 35.0 Å². The number of phenolic OH excluding ortho intramolecular Hbond substituents is 2. The average Bonchev–Trinajstić information content (AvgIpc) is 1.99. The first-order valence-electron chi connectivity index (χ1n) is 4.47. The summed E-state index contributed by atoms with van der Waals surface area (Å²) in [6.45, 7) is 2.68. The molecule has 0 saturated heterocycles. The van der Waals surface area contributed by atoms with Gasteiger partial charge >= 0.3 is 0 Å². The fourth-order valence-corrected chi connectivity index (χ4v) is 1.48. The Kier molecular flexibility index (Phi) is 3.09. The molecule has 0 spiro atoms. The predicted molar refractivity (Wildman–Crippen MR) is 54.2 cm³/mol. The molecule has 0 aromatic heterocycles. The summed E-state index contributed by atoms with van der Waals surface area (Å²) in [5.74, 6) is -0.918. The van der Waals surface area contributed by atoms with Crippen molar-refractivity contribution in [1.29, 1.82) is 0 Å². The topological polar surface area (TPSA) is 74.6 Å². The summed E-state index contributed by atoms with van der Waals surface area (Å²) in [6.07, 6.45) is 0.0247. The van der Waals surface area contributed by atoms with Crippen LogP contribution in [0.15, 0.2) is 12.1 Å². The van der Waals surface area contributed by atoms with Crippen LogP contribution >= 0.6 is 0 Å². The molecule has 4 heteroatoms. The van der Waals surface area contributed by atoms with Gasteiger partial charge in [0.15, 0.2) is 5.78 Å². The molecule has 2 N–H and O–H groups in total. The third-order valence-electron chi connectivity index (χ3n) is 1.98. The number of benzene rings is 1. The number of aromatic hydroxyl groups is 2. The molecule has 0 amide bonds. The monoisotopic (exact) mass is 210 g/mol. The van der Waals surface area contributed by atoms with E-state index in [0.29, 0.717) is 5.56 Å². The fraction of sp³-hybridized carbons (Fsp3) is 0.273. The maximum atomic E-state index is 11.2. The Labute approximate surface area is 87.2 Å². The Hall–Kier alpha value is -1.84. The summed E-state index contributed by atoms with van der Waals surface area (Å²) < 4.78 is 0. The van der Waals surface area contributed by atoms with Gasteiger partial charge in [0.05, 0.1) is 5.56 Å². The van der Waals surface area contributed by atoms with E-state index < -0.39 is 0 Å². The van der Waals surface area contributed by atoms with E-state index in [0.717, 1.165) is 6.07 Å². The Morgan fingerprint density at radius 1 is 1.20 bits per heavy atom. The van der Waals surface area contributed by atoms with E-state index in [9.17, 15) is 19.8 Å². The maximum absolute atomic E-state index is 11.2. The Balaban J connectivity index is 3.33. The van der Waals surface area contributed by atoms with Gasteiger partial charge in [-0.25, -0.2) is 0 Å². The minimum Gasteiger partial charge on any atom is -0.508 e. The number of ketones is 2. The van der Waals surface area contributed by atoms with Crippen molar-refractivity contribution >= 4 is 11.6 Å². The predicted octanol–water partition coefficient (Wildman–Crippen LogP) is 1.43. The second-order valence-corrected chi connectivity index (χ2v) is 3.43.